The van der Waals surface area contributed by atoms with E-state index in [0.717, 1.165) is 31.2 Å². The predicted octanol–water partition coefficient (Wildman–Crippen LogP) is 3.42. The molecule has 1 aromatic rings. The highest BCUT2D eigenvalue weighted by atomic mass is 16.6. The Labute approximate surface area is 176 Å². The van der Waals surface area contributed by atoms with Gasteiger partial charge in [-0.2, -0.15) is 0 Å². The van der Waals surface area contributed by atoms with Gasteiger partial charge in [0.1, 0.15) is 6.04 Å². The minimum atomic E-state index is -0.436. The van der Waals surface area contributed by atoms with E-state index in [0.29, 0.717) is 37.3 Å². The molecule has 5 fully saturated rings. The molecule has 1 heterocycles. The van der Waals surface area contributed by atoms with Crippen LogP contribution in [0.15, 0.2) is 24.3 Å². The van der Waals surface area contributed by atoms with E-state index in [1.807, 2.05) is 4.90 Å². The molecule has 7 nitrogen and oxygen atoms in total. The molecule has 0 radical (unpaired) electrons. The number of nitro groups is 1. The lowest BCUT2D eigenvalue weighted by Crippen LogP contribution is -2.57. The maximum Gasteiger partial charge on any atom is 0.269 e. The molecule has 4 saturated carbocycles. The van der Waals surface area contributed by atoms with Crippen LogP contribution in [0.3, 0.4) is 0 Å². The highest BCUT2D eigenvalue weighted by Gasteiger charge is 2.56. The molecule has 2 amide bonds. The molecule has 7 heteroatoms. The highest BCUT2D eigenvalue weighted by molar-refractivity contribution is 5.91. The van der Waals surface area contributed by atoms with E-state index < -0.39 is 4.92 Å². The summed E-state index contributed by atoms with van der Waals surface area (Å²) in [5, 5.41) is 13.7. The second-order valence-corrected chi connectivity index (χ2v) is 10.00. The number of nitrogens with one attached hydrogen (secondary N) is 1. The third-order valence-corrected chi connectivity index (χ3v) is 7.92. The number of benzene rings is 1. The van der Waals surface area contributed by atoms with Crippen LogP contribution in [0, 0.1) is 33.3 Å². The molecule has 1 N–H and O–H groups in total. The summed E-state index contributed by atoms with van der Waals surface area (Å²) in [4.78, 5) is 38.8. The van der Waals surface area contributed by atoms with Crippen LogP contribution in [0.1, 0.15) is 56.9 Å². The van der Waals surface area contributed by atoms with E-state index >= 15 is 0 Å². The predicted molar refractivity (Wildman–Crippen MR) is 110 cm³/mol. The number of nitro benzene ring substituents is 1. The summed E-state index contributed by atoms with van der Waals surface area (Å²) in [5.41, 5.74) is 0.634. The van der Waals surface area contributed by atoms with Crippen LogP contribution in [0.4, 0.5) is 5.69 Å². The van der Waals surface area contributed by atoms with Gasteiger partial charge in [0, 0.05) is 25.2 Å². The van der Waals surface area contributed by atoms with E-state index in [2.05, 4.69) is 5.32 Å². The first-order valence-electron chi connectivity index (χ1n) is 11.3. The molecule has 1 atom stereocenters. The normalized spacial score (nSPS) is 34.2. The fourth-order valence-corrected chi connectivity index (χ4v) is 7.00. The summed E-state index contributed by atoms with van der Waals surface area (Å²) < 4.78 is 0. The first-order valence-corrected chi connectivity index (χ1v) is 11.3. The molecule has 5 aliphatic rings. The number of carbonyl (C=O) groups is 2. The van der Waals surface area contributed by atoms with Gasteiger partial charge in [0.25, 0.3) is 5.69 Å². The van der Waals surface area contributed by atoms with Gasteiger partial charge in [-0.3, -0.25) is 19.7 Å². The topological polar surface area (TPSA) is 92.5 Å². The van der Waals surface area contributed by atoms with Gasteiger partial charge < -0.3 is 10.2 Å². The Balaban J connectivity index is 1.24. The zero-order valence-corrected chi connectivity index (χ0v) is 17.2. The minimum Gasteiger partial charge on any atom is -0.350 e. The molecule has 0 aromatic heterocycles. The molecule has 30 heavy (non-hydrogen) atoms. The number of hydrogen-bond acceptors (Lipinski definition) is 4. The molecule has 1 unspecified atom stereocenters. The van der Waals surface area contributed by atoms with Gasteiger partial charge in [-0.25, -0.2) is 0 Å². The Hall–Kier alpha value is -2.44. The van der Waals surface area contributed by atoms with Gasteiger partial charge >= 0.3 is 0 Å². The van der Waals surface area contributed by atoms with Crippen molar-refractivity contribution in [2.45, 2.75) is 64.0 Å². The van der Waals surface area contributed by atoms with E-state index in [4.69, 9.17) is 0 Å². The van der Waals surface area contributed by atoms with Crippen LogP contribution in [-0.2, 0) is 16.1 Å². The zero-order chi connectivity index (χ0) is 20.9. The zero-order valence-electron chi connectivity index (χ0n) is 17.2. The maximum atomic E-state index is 13.7. The van der Waals surface area contributed by atoms with E-state index in [9.17, 15) is 19.7 Å². The number of amides is 2. The lowest BCUT2D eigenvalue weighted by atomic mass is 9.49. The average molecular weight is 412 g/mol. The molecule has 4 aliphatic carbocycles. The largest absolute Gasteiger partial charge is 0.350 e. The number of hydrogen-bond donors (Lipinski definition) is 1. The first-order chi connectivity index (χ1) is 14.4. The summed E-state index contributed by atoms with van der Waals surface area (Å²) in [6.45, 7) is 0.989. The Morgan fingerprint density at radius 2 is 1.67 bits per heavy atom. The monoisotopic (exact) mass is 411 g/mol. The van der Waals surface area contributed by atoms with E-state index in [1.54, 1.807) is 12.1 Å². The quantitative estimate of drug-likeness (QED) is 0.593. The number of rotatable bonds is 5. The highest BCUT2D eigenvalue weighted by Crippen LogP contribution is 2.60. The third kappa shape index (κ3) is 3.38. The molecule has 160 valence electrons. The minimum absolute atomic E-state index is 0.0354. The van der Waals surface area contributed by atoms with E-state index in [1.165, 1.54) is 31.4 Å². The maximum absolute atomic E-state index is 13.7. The Bertz CT molecular complexity index is 830. The lowest BCUT2D eigenvalue weighted by molar-refractivity contribution is -0.384. The van der Waals surface area contributed by atoms with Crippen LogP contribution in [-0.4, -0.2) is 34.2 Å². The molecule has 0 spiro atoms. The number of likely N-dealkylation sites (tertiary alicyclic amines) is 1. The number of non-ortho nitro benzene ring substituents is 1. The van der Waals surface area contributed by atoms with Crippen LogP contribution in [0.25, 0.3) is 0 Å². The first kappa shape index (κ1) is 19.5. The standard InChI is InChI=1S/C23H29N3O4/c27-21(24-14-15-3-5-19(6-4-15)26(29)30)20-2-1-7-25(20)22(28)23-11-16-8-17(12-23)10-18(9-16)13-23/h3-6,16-18,20H,1-2,7-14H2,(H,24,27). The van der Waals surface area contributed by atoms with Crippen molar-refractivity contribution in [1.82, 2.24) is 10.2 Å². The van der Waals surface area contributed by atoms with Crippen molar-refractivity contribution in [2.75, 3.05) is 6.54 Å². The Morgan fingerprint density at radius 3 is 2.23 bits per heavy atom. The van der Waals surface area contributed by atoms with Gasteiger partial charge in [-0.1, -0.05) is 12.1 Å². The SMILES string of the molecule is O=C(NCc1ccc([N+](=O)[O-])cc1)C1CCCN1C(=O)C12CC3CC(CC(C3)C1)C2. The van der Waals surface area contributed by atoms with Crippen LogP contribution in [0.5, 0.6) is 0 Å². The molecular weight excluding hydrogens is 382 g/mol. The second-order valence-electron chi connectivity index (χ2n) is 10.00. The summed E-state index contributed by atoms with van der Waals surface area (Å²) in [7, 11) is 0. The lowest BCUT2D eigenvalue weighted by Gasteiger charge is -2.56. The van der Waals surface area contributed by atoms with Gasteiger partial charge in [0.2, 0.25) is 11.8 Å². The van der Waals surface area contributed by atoms with Crippen molar-refractivity contribution in [3.05, 3.63) is 39.9 Å². The molecular formula is C23H29N3O4. The van der Waals surface area contributed by atoms with Crippen LogP contribution in [0.2, 0.25) is 0 Å². The van der Waals surface area contributed by atoms with Gasteiger partial charge in [0.15, 0.2) is 0 Å². The van der Waals surface area contributed by atoms with Crippen molar-refractivity contribution in [2.24, 2.45) is 23.2 Å². The number of nitrogens with zero attached hydrogens (tertiary/aromatic N) is 2. The van der Waals surface area contributed by atoms with Crippen molar-refractivity contribution in [1.29, 1.82) is 0 Å². The molecule has 1 aliphatic heterocycles. The fourth-order valence-electron chi connectivity index (χ4n) is 7.00. The van der Waals surface area contributed by atoms with Crippen LogP contribution >= 0.6 is 0 Å². The summed E-state index contributed by atoms with van der Waals surface area (Å²) in [6, 6.07) is 5.82. The van der Waals surface area contributed by atoms with E-state index in [-0.39, 0.29) is 29.0 Å². The average Bonchev–Trinajstić information content (AvgIpc) is 3.20. The Kier molecular flexibility index (Phi) is 4.79. The van der Waals surface area contributed by atoms with Gasteiger partial charge in [0.05, 0.1) is 10.3 Å². The van der Waals surface area contributed by atoms with Gasteiger partial charge in [-0.05, 0) is 74.7 Å². The van der Waals surface area contributed by atoms with Gasteiger partial charge in [-0.15, -0.1) is 0 Å². The van der Waals surface area contributed by atoms with Crippen molar-refractivity contribution in [3.8, 4) is 0 Å². The molecule has 4 bridgehead atoms. The molecule has 1 saturated heterocycles. The van der Waals surface area contributed by atoms with Crippen molar-refractivity contribution in [3.63, 3.8) is 0 Å². The van der Waals surface area contributed by atoms with Crippen molar-refractivity contribution < 1.29 is 14.5 Å². The summed E-state index contributed by atoms with van der Waals surface area (Å²) in [5.74, 6) is 2.24. The summed E-state index contributed by atoms with van der Waals surface area (Å²) >= 11 is 0. The van der Waals surface area contributed by atoms with Crippen LogP contribution < -0.4 is 5.32 Å². The third-order valence-electron chi connectivity index (χ3n) is 7.92. The smallest absolute Gasteiger partial charge is 0.269 e. The molecule has 6 rings (SSSR count). The summed E-state index contributed by atoms with van der Waals surface area (Å²) in [6.07, 6.45) is 8.53. The fraction of sp³-hybridized carbons (Fsp3) is 0.652. The Morgan fingerprint density at radius 1 is 1.07 bits per heavy atom. The number of carbonyl (C=O) groups excluding carboxylic acids is 2. The molecule has 1 aromatic carbocycles. The second kappa shape index (κ2) is 7.36. The van der Waals surface area contributed by atoms with Crippen molar-refractivity contribution >= 4 is 17.5 Å².